The third-order valence-electron chi connectivity index (χ3n) is 4.75. The van der Waals surface area contributed by atoms with Crippen LogP contribution in [-0.4, -0.2) is 51.5 Å². The van der Waals surface area contributed by atoms with Crippen molar-refractivity contribution in [1.82, 2.24) is 16.0 Å². The van der Waals surface area contributed by atoms with Crippen LogP contribution in [0.4, 0.5) is 4.79 Å². The summed E-state index contributed by atoms with van der Waals surface area (Å²) in [5, 5.41) is 9.46. The van der Waals surface area contributed by atoms with E-state index in [-0.39, 0.29) is 4.90 Å². The van der Waals surface area contributed by atoms with Crippen molar-refractivity contribution in [3.8, 4) is 0 Å². The van der Waals surface area contributed by atoms with Gasteiger partial charge < -0.3 is 20.7 Å². The zero-order valence-corrected chi connectivity index (χ0v) is 19.9. The Morgan fingerprint density at radius 3 is 2.07 bits per heavy atom. The quantitative estimate of drug-likeness (QED) is 0.424. The fourth-order valence-corrected chi connectivity index (χ4v) is 3.39. The highest BCUT2D eigenvalue weighted by Crippen LogP contribution is 2.16. The second-order valence-electron chi connectivity index (χ2n) is 8.31. The molecule has 0 saturated carbocycles. The number of carbonyl (C=O) groups is 1. The molecule has 0 saturated heterocycles. The minimum atomic E-state index is -3.21. The van der Waals surface area contributed by atoms with Crippen LogP contribution < -0.4 is 16.0 Å². The third-order valence-corrected chi connectivity index (χ3v) is 5.88. The Hall–Kier alpha value is -2.29. The summed E-state index contributed by atoms with van der Waals surface area (Å²) in [7, 11) is -1.54. The van der Waals surface area contributed by atoms with Crippen LogP contribution in [0, 0.1) is 0 Å². The highest BCUT2D eigenvalue weighted by atomic mass is 32.2. The molecule has 0 aromatic heterocycles. The summed E-state index contributed by atoms with van der Waals surface area (Å²) in [6.07, 6.45) is 2.19. The lowest BCUT2D eigenvalue weighted by Gasteiger charge is -2.34. The molecule has 9 heteroatoms. The number of carbonyl (C=O) groups excluding carboxylic acids is 1. The number of alkyl carbamates (subject to hydrolysis) is 1. The smallest absolute Gasteiger partial charge is 0.408 e. The number of hydrogen-bond donors (Lipinski definition) is 3. The summed E-state index contributed by atoms with van der Waals surface area (Å²) in [5.74, 6) is 0.583. The van der Waals surface area contributed by atoms with Crippen LogP contribution in [0.25, 0.3) is 0 Å². The molecule has 0 spiro atoms. The van der Waals surface area contributed by atoms with Gasteiger partial charge in [0.2, 0.25) is 0 Å². The Bertz CT molecular complexity index is 824. The molecule has 1 amide bonds. The normalized spacial score (nSPS) is 13.0. The molecule has 8 nitrogen and oxygen atoms in total. The van der Waals surface area contributed by atoms with E-state index < -0.39 is 27.1 Å². The van der Waals surface area contributed by atoms with Crippen LogP contribution in [0.15, 0.2) is 34.2 Å². The number of amides is 1. The van der Waals surface area contributed by atoms with Crippen LogP contribution >= 0.6 is 0 Å². The zero-order chi connectivity index (χ0) is 23.0. The summed E-state index contributed by atoms with van der Waals surface area (Å²) in [5.41, 5.74) is -0.110. The molecule has 0 aliphatic heterocycles. The van der Waals surface area contributed by atoms with E-state index in [2.05, 4.69) is 20.9 Å². The van der Waals surface area contributed by atoms with Crippen LogP contribution in [0.2, 0.25) is 0 Å². The van der Waals surface area contributed by atoms with Crippen molar-refractivity contribution in [3.63, 3.8) is 0 Å². The Morgan fingerprint density at radius 2 is 1.63 bits per heavy atom. The summed E-state index contributed by atoms with van der Waals surface area (Å²) in [4.78, 5) is 16.8. The van der Waals surface area contributed by atoms with E-state index in [1.54, 1.807) is 31.3 Å². The molecule has 3 N–H and O–H groups in total. The lowest BCUT2D eigenvalue weighted by Crippen LogP contribution is -2.57. The van der Waals surface area contributed by atoms with E-state index in [1.807, 2.05) is 34.6 Å². The van der Waals surface area contributed by atoms with Gasteiger partial charge in [0.15, 0.2) is 15.8 Å². The first-order valence-corrected chi connectivity index (χ1v) is 12.0. The van der Waals surface area contributed by atoms with Gasteiger partial charge in [0.05, 0.1) is 10.4 Å². The molecule has 0 heterocycles. The molecule has 0 aliphatic carbocycles. The monoisotopic (exact) mass is 440 g/mol. The van der Waals surface area contributed by atoms with Crippen molar-refractivity contribution in [3.05, 3.63) is 29.8 Å². The van der Waals surface area contributed by atoms with Gasteiger partial charge in [0.25, 0.3) is 0 Å². The van der Waals surface area contributed by atoms with Gasteiger partial charge in [-0.2, -0.15) is 0 Å². The van der Waals surface area contributed by atoms with Crippen molar-refractivity contribution in [2.45, 2.75) is 70.0 Å². The van der Waals surface area contributed by atoms with Gasteiger partial charge in [-0.15, -0.1) is 0 Å². The summed E-state index contributed by atoms with van der Waals surface area (Å²) in [6.45, 7) is 10.5. The van der Waals surface area contributed by atoms with Gasteiger partial charge in [-0.25, -0.2) is 13.2 Å². The third kappa shape index (κ3) is 8.61. The lowest BCUT2D eigenvalue weighted by molar-refractivity contribution is 0.0448. The van der Waals surface area contributed by atoms with E-state index in [4.69, 9.17) is 4.74 Å². The van der Waals surface area contributed by atoms with Crippen molar-refractivity contribution >= 4 is 21.9 Å². The van der Waals surface area contributed by atoms with E-state index >= 15 is 0 Å². The van der Waals surface area contributed by atoms with Crippen molar-refractivity contribution < 1.29 is 17.9 Å². The Morgan fingerprint density at radius 1 is 1.07 bits per heavy atom. The van der Waals surface area contributed by atoms with Crippen molar-refractivity contribution in [2.24, 2.45) is 4.99 Å². The van der Waals surface area contributed by atoms with E-state index in [0.29, 0.717) is 19.0 Å². The second-order valence-corrected chi connectivity index (χ2v) is 10.3. The molecule has 30 heavy (non-hydrogen) atoms. The summed E-state index contributed by atoms with van der Waals surface area (Å²) >= 11 is 0. The molecule has 170 valence electrons. The molecule has 0 atom stereocenters. The minimum Gasteiger partial charge on any atom is -0.444 e. The standard InChI is InChI=1S/C21H36N4O4S/c1-8-21(9-2,25-19(26)29-20(3,4)5)15-24-18(22-6)23-14-16-10-12-17(13-11-16)30(7,27)28/h10-13H,8-9,14-15H2,1-7H3,(H,25,26)(H2,22,23,24). The lowest BCUT2D eigenvalue weighted by atomic mass is 9.93. The Kier molecular flexibility index (Phi) is 9.14. The molecule has 0 radical (unpaired) electrons. The number of guanidine groups is 1. The average molecular weight is 441 g/mol. The maximum Gasteiger partial charge on any atom is 0.408 e. The predicted octanol–water partition coefficient (Wildman–Crippen LogP) is 2.84. The number of rotatable bonds is 8. The minimum absolute atomic E-state index is 0.289. The molecule has 0 unspecified atom stereocenters. The van der Waals surface area contributed by atoms with Crippen molar-refractivity contribution in [1.29, 1.82) is 0 Å². The largest absolute Gasteiger partial charge is 0.444 e. The molecular formula is C21H36N4O4S. The second kappa shape index (κ2) is 10.7. The van der Waals surface area contributed by atoms with Gasteiger partial charge >= 0.3 is 6.09 Å². The van der Waals surface area contributed by atoms with Crippen LogP contribution in [0.1, 0.15) is 53.0 Å². The molecule has 0 aliphatic rings. The number of ether oxygens (including phenoxy) is 1. The SMILES string of the molecule is CCC(CC)(CNC(=NC)NCc1ccc(S(C)(=O)=O)cc1)NC(=O)OC(C)(C)C. The fraction of sp³-hybridized carbons (Fsp3) is 0.619. The zero-order valence-electron chi connectivity index (χ0n) is 19.1. The van der Waals surface area contributed by atoms with Gasteiger partial charge in [-0.1, -0.05) is 26.0 Å². The molecule has 0 bridgehead atoms. The van der Waals surface area contributed by atoms with Crippen LogP contribution in [0.5, 0.6) is 0 Å². The van der Waals surface area contributed by atoms with Gasteiger partial charge in [-0.05, 0) is 51.3 Å². The Labute approximate surface area is 180 Å². The topological polar surface area (TPSA) is 109 Å². The summed E-state index contributed by atoms with van der Waals surface area (Å²) < 4.78 is 28.5. The first-order chi connectivity index (χ1) is 13.8. The van der Waals surface area contributed by atoms with E-state index in [9.17, 15) is 13.2 Å². The average Bonchev–Trinajstić information content (AvgIpc) is 2.65. The molecule has 1 aromatic rings. The van der Waals surface area contributed by atoms with Crippen LogP contribution in [0.3, 0.4) is 0 Å². The maximum absolute atomic E-state index is 12.3. The van der Waals surface area contributed by atoms with Gasteiger partial charge in [0, 0.05) is 26.4 Å². The first-order valence-electron chi connectivity index (χ1n) is 10.1. The molecular weight excluding hydrogens is 404 g/mol. The maximum atomic E-state index is 12.3. The van der Waals surface area contributed by atoms with E-state index in [0.717, 1.165) is 18.4 Å². The highest BCUT2D eigenvalue weighted by molar-refractivity contribution is 7.90. The van der Waals surface area contributed by atoms with Gasteiger partial charge in [0.1, 0.15) is 5.60 Å². The molecule has 1 rings (SSSR count). The van der Waals surface area contributed by atoms with Crippen molar-refractivity contribution in [2.75, 3.05) is 19.8 Å². The van der Waals surface area contributed by atoms with E-state index in [1.165, 1.54) is 6.26 Å². The van der Waals surface area contributed by atoms with Crippen LogP contribution in [-0.2, 0) is 21.1 Å². The number of nitrogens with zero attached hydrogens (tertiary/aromatic N) is 1. The number of benzene rings is 1. The number of hydrogen-bond acceptors (Lipinski definition) is 5. The van der Waals surface area contributed by atoms with Gasteiger partial charge in [-0.3, -0.25) is 4.99 Å². The predicted molar refractivity (Wildman–Crippen MR) is 120 cm³/mol. The molecule has 1 aromatic carbocycles. The first kappa shape index (κ1) is 25.7. The summed E-state index contributed by atoms with van der Waals surface area (Å²) in [6, 6.07) is 6.71. The highest BCUT2D eigenvalue weighted by Gasteiger charge is 2.30. The number of aliphatic imine (C=N–C) groups is 1. The number of sulfone groups is 1. The number of nitrogens with one attached hydrogen (secondary N) is 3. The fourth-order valence-electron chi connectivity index (χ4n) is 2.75. The molecule has 0 fully saturated rings. The Balaban J connectivity index is 2.70.